The van der Waals surface area contributed by atoms with Crippen LogP contribution in [0.25, 0.3) is 10.9 Å². The Morgan fingerprint density at radius 2 is 1.75 bits per heavy atom. The summed E-state index contributed by atoms with van der Waals surface area (Å²) in [5, 5.41) is 10.5. The molecule has 0 radical (unpaired) electrons. The van der Waals surface area contributed by atoms with Crippen molar-refractivity contribution < 1.29 is 22.6 Å². The molecule has 0 spiro atoms. The Hall–Kier alpha value is -4.42. The zero-order chi connectivity index (χ0) is 25.6. The lowest BCUT2D eigenvalue weighted by atomic mass is 9.82. The Labute approximate surface area is 208 Å². The average Bonchev–Trinajstić information content (AvgIpc) is 3.33. The maximum absolute atomic E-state index is 13.4. The monoisotopic (exact) mass is 501 g/mol. The second-order valence-electron chi connectivity index (χ2n) is 8.38. The van der Waals surface area contributed by atoms with Crippen LogP contribution in [0.15, 0.2) is 83.2 Å². The third-order valence-corrected chi connectivity index (χ3v) is 8.05. The Balaban J connectivity index is 1.73. The van der Waals surface area contributed by atoms with Crippen molar-refractivity contribution in [1.29, 1.82) is 5.26 Å². The molecule has 2 heterocycles. The van der Waals surface area contributed by atoms with Crippen LogP contribution in [-0.4, -0.2) is 26.6 Å². The Morgan fingerprint density at radius 3 is 2.42 bits per heavy atom. The molecule has 1 atom stereocenters. The average molecular weight is 502 g/mol. The van der Waals surface area contributed by atoms with E-state index >= 15 is 0 Å². The van der Waals surface area contributed by atoms with Crippen LogP contribution in [0.5, 0.6) is 17.2 Å². The molecule has 3 aromatic carbocycles. The van der Waals surface area contributed by atoms with Crippen LogP contribution in [0.3, 0.4) is 0 Å². The molecule has 0 fully saturated rings. The number of nitrogens with two attached hydrogens (primary N) is 1. The van der Waals surface area contributed by atoms with Crippen molar-refractivity contribution in [3.8, 4) is 23.3 Å². The molecule has 182 valence electrons. The lowest BCUT2D eigenvalue weighted by Crippen LogP contribution is -2.21. The molecule has 8 nitrogen and oxygen atoms in total. The molecule has 0 saturated heterocycles. The first-order valence-electron chi connectivity index (χ1n) is 11.1. The highest BCUT2D eigenvalue weighted by molar-refractivity contribution is 7.90. The van der Waals surface area contributed by atoms with E-state index in [1.165, 1.54) is 10.2 Å². The van der Waals surface area contributed by atoms with Crippen molar-refractivity contribution in [2.75, 3.05) is 14.2 Å². The number of fused-ring (bicyclic) bond motifs is 3. The molecule has 1 aliphatic rings. The van der Waals surface area contributed by atoms with Crippen molar-refractivity contribution in [2.45, 2.75) is 17.7 Å². The summed E-state index contributed by atoms with van der Waals surface area (Å²) in [5.74, 6) is 0.864. The van der Waals surface area contributed by atoms with Gasteiger partial charge in [0.15, 0.2) is 0 Å². The first-order valence-corrected chi connectivity index (χ1v) is 12.5. The lowest BCUT2D eigenvalue weighted by molar-refractivity contribution is 0.386. The molecule has 0 aliphatic carbocycles. The summed E-state index contributed by atoms with van der Waals surface area (Å²) in [6.07, 6.45) is 1.49. The molecular weight excluding hydrogens is 478 g/mol. The predicted molar refractivity (Wildman–Crippen MR) is 135 cm³/mol. The van der Waals surface area contributed by atoms with Gasteiger partial charge >= 0.3 is 0 Å². The van der Waals surface area contributed by atoms with Crippen LogP contribution >= 0.6 is 0 Å². The van der Waals surface area contributed by atoms with Gasteiger partial charge in [0.25, 0.3) is 10.0 Å². The number of hydrogen-bond donors (Lipinski definition) is 1. The van der Waals surface area contributed by atoms with Gasteiger partial charge in [0.1, 0.15) is 28.9 Å². The molecule has 1 aliphatic heterocycles. The minimum Gasteiger partial charge on any atom is -0.497 e. The minimum atomic E-state index is -3.85. The van der Waals surface area contributed by atoms with Crippen LogP contribution in [-0.2, 0) is 10.0 Å². The molecule has 2 N–H and O–H groups in total. The van der Waals surface area contributed by atoms with Crippen LogP contribution in [0, 0.1) is 18.3 Å². The number of aromatic nitrogens is 1. The second-order valence-corrected chi connectivity index (χ2v) is 10.2. The highest BCUT2D eigenvalue weighted by atomic mass is 32.2. The molecule has 5 rings (SSSR count). The Morgan fingerprint density at radius 1 is 1.00 bits per heavy atom. The van der Waals surface area contributed by atoms with E-state index in [2.05, 4.69) is 6.07 Å². The molecule has 4 aromatic rings. The van der Waals surface area contributed by atoms with Gasteiger partial charge in [-0.3, -0.25) is 0 Å². The molecule has 0 amide bonds. The number of hydrogen-bond acceptors (Lipinski definition) is 7. The van der Waals surface area contributed by atoms with Gasteiger partial charge in [0, 0.05) is 22.7 Å². The number of benzene rings is 3. The van der Waals surface area contributed by atoms with Crippen LogP contribution in [0.1, 0.15) is 22.6 Å². The van der Waals surface area contributed by atoms with Crippen molar-refractivity contribution in [2.24, 2.45) is 5.73 Å². The van der Waals surface area contributed by atoms with Gasteiger partial charge in [0.2, 0.25) is 5.88 Å². The Bertz CT molecular complexity index is 1680. The highest BCUT2D eigenvalue weighted by Crippen LogP contribution is 2.48. The van der Waals surface area contributed by atoms with Crippen LogP contribution in [0.2, 0.25) is 0 Å². The summed E-state index contributed by atoms with van der Waals surface area (Å²) < 4.78 is 44.9. The zero-order valence-electron chi connectivity index (χ0n) is 19.8. The van der Waals surface area contributed by atoms with E-state index in [4.69, 9.17) is 19.9 Å². The maximum Gasteiger partial charge on any atom is 0.268 e. The van der Waals surface area contributed by atoms with E-state index in [0.29, 0.717) is 39.3 Å². The summed E-state index contributed by atoms with van der Waals surface area (Å²) >= 11 is 0. The van der Waals surface area contributed by atoms with E-state index in [1.54, 1.807) is 74.9 Å². The summed E-state index contributed by atoms with van der Waals surface area (Å²) in [5.41, 5.74) is 9.16. The van der Waals surface area contributed by atoms with E-state index in [1.807, 2.05) is 6.92 Å². The summed E-state index contributed by atoms with van der Waals surface area (Å²) in [6.45, 7) is 1.90. The van der Waals surface area contributed by atoms with Crippen LogP contribution < -0.4 is 19.9 Å². The fraction of sp³-hybridized carbons (Fsp3) is 0.148. The summed E-state index contributed by atoms with van der Waals surface area (Å²) in [4.78, 5) is 0.175. The van der Waals surface area contributed by atoms with E-state index in [9.17, 15) is 13.7 Å². The summed E-state index contributed by atoms with van der Waals surface area (Å²) in [7, 11) is -0.750. The number of aryl methyl sites for hydroxylation is 1. The lowest BCUT2D eigenvalue weighted by Gasteiger charge is -2.28. The number of nitrogens with zero attached hydrogens (tertiary/aromatic N) is 2. The highest BCUT2D eigenvalue weighted by Gasteiger charge is 2.34. The van der Waals surface area contributed by atoms with Gasteiger partial charge in [-0.25, -0.2) is 12.4 Å². The van der Waals surface area contributed by atoms with Gasteiger partial charge < -0.3 is 19.9 Å². The number of rotatable bonds is 5. The first kappa shape index (κ1) is 23.3. The zero-order valence-corrected chi connectivity index (χ0v) is 20.7. The first-order chi connectivity index (χ1) is 17.3. The molecule has 36 heavy (non-hydrogen) atoms. The van der Waals surface area contributed by atoms with Crippen molar-refractivity contribution in [3.05, 3.63) is 95.0 Å². The fourth-order valence-corrected chi connectivity index (χ4v) is 5.87. The largest absolute Gasteiger partial charge is 0.497 e. The normalized spacial score (nSPS) is 15.2. The van der Waals surface area contributed by atoms with Gasteiger partial charge in [-0.2, -0.15) is 5.26 Å². The summed E-state index contributed by atoms with van der Waals surface area (Å²) in [6, 6.07) is 19.3. The second kappa shape index (κ2) is 8.66. The van der Waals surface area contributed by atoms with E-state index < -0.39 is 15.9 Å². The molecule has 9 heteroatoms. The molecule has 1 unspecified atom stereocenters. The van der Waals surface area contributed by atoms with Gasteiger partial charge in [-0.1, -0.05) is 23.8 Å². The van der Waals surface area contributed by atoms with Crippen LogP contribution in [0.4, 0.5) is 0 Å². The molecule has 0 saturated carbocycles. The van der Waals surface area contributed by atoms with Crippen molar-refractivity contribution >= 4 is 20.9 Å². The number of methoxy groups -OCH3 is 2. The number of nitriles is 1. The molecule has 1 aromatic heterocycles. The SMILES string of the molecule is COc1ccc(OC)c(C2C(C#N)=C(N)Oc3c2ccc2c3ccn2S(=O)(=O)c2ccc(C)cc2)c1. The van der Waals surface area contributed by atoms with E-state index in [-0.39, 0.29) is 16.4 Å². The van der Waals surface area contributed by atoms with Gasteiger partial charge in [-0.15, -0.1) is 0 Å². The minimum absolute atomic E-state index is 0.0542. The smallest absolute Gasteiger partial charge is 0.268 e. The third kappa shape index (κ3) is 3.54. The number of ether oxygens (including phenoxy) is 3. The van der Waals surface area contributed by atoms with Crippen molar-refractivity contribution in [1.82, 2.24) is 3.97 Å². The molecular formula is C27H23N3O5S. The topological polar surface area (TPSA) is 117 Å². The standard InChI is InChI=1S/C27H23N3O5S/c1-16-4-7-18(8-5-16)36(31,32)30-13-12-19-23(30)10-9-20-25(22(15-28)27(29)35-26(19)20)21-14-17(33-2)6-11-24(21)34-3/h4-14,25H,29H2,1-3H3. The third-order valence-electron chi connectivity index (χ3n) is 6.34. The van der Waals surface area contributed by atoms with Crippen molar-refractivity contribution in [3.63, 3.8) is 0 Å². The Kier molecular flexibility index (Phi) is 5.61. The predicted octanol–water partition coefficient (Wildman–Crippen LogP) is 4.42. The molecule has 0 bridgehead atoms. The van der Waals surface area contributed by atoms with Gasteiger partial charge in [0.05, 0.1) is 30.5 Å². The fourth-order valence-electron chi connectivity index (χ4n) is 4.53. The van der Waals surface area contributed by atoms with E-state index in [0.717, 1.165) is 5.56 Å². The quantitative estimate of drug-likeness (QED) is 0.430. The van der Waals surface area contributed by atoms with Gasteiger partial charge in [-0.05, 0) is 49.4 Å². The maximum atomic E-state index is 13.4. The number of allylic oxidation sites excluding steroid dienone is 1.